The van der Waals surface area contributed by atoms with Crippen LogP contribution in [0, 0.1) is 0 Å². The Bertz CT molecular complexity index is 496. The van der Waals surface area contributed by atoms with Crippen molar-refractivity contribution >= 4 is 11.0 Å². The number of rotatable bonds is 4. The van der Waals surface area contributed by atoms with E-state index in [1.165, 1.54) is 0 Å². The number of fused-ring (bicyclic) bond motifs is 1. The standard InChI is InChI=1S/C14H17NO3/c16-14(5-6-17-10-14)9-15-8-12-7-11-3-1-2-4-13(11)18-12/h1-4,7,15-16H,5-6,8-10H2. The Morgan fingerprint density at radius 2 is 2.22 bits per heavy atom. The minimum atomic E-state index is -0.716. The van der Waals surface area contributed by atoms with Crippen LogP contribution >= 0.6 is 0 Å². The van der Waals surface area contributed by atoms with E-state index in [1.807, 2.05) is 30.3 Å². The molecule has 4 heteroatoms. The van der Waals surface area contributed by atoms with Crippen molar-refractivity contribution in [3.63, 3.8) is 0 Å². The van der Waals surface area contributed by atoms with Crippen LogP contribution in [0.5, 0.6) is 0 Å². The van der Waals surface area contributed by atoms with Gasteiger partial charge in [-0.15, -0.1) is 0 Å². The molecular weight excluding hydrogens is 230 g/mol. The van der Waals surface area contributed by atoms with Crippen molar-refractivity contribution in [1.82, 2.24) is 5.32 Å². The molecule has 1 saturated heterocycles. The number of benzene rings is 1. The molecule has 3 rings (SSSR count). The number of para-hydroxylation sites is 1. The number of ether oxygens (including phenoxy) is 1. The fourth-order valence-electron chi connectivity index (χ4n) is 2.28. The molecule has 96 valence electrons. The first-order valence-electron chi connectivity index (χ1n) is 6.24. The highest BCUT2D eigenvalue weighted by molar-refractivity contribution is 5.77. The van der Waals surface area contributed by atoms with Crippen molar-refractivity contribution < 1.29 is 14.3 Å². The van der Waals surface area contributed by atoms with E-state index in [0.717, 1.165) is 16.7 Å². The van der Waals surface area contributed by atoms with Crippen molar-refractivity contribution in [3.05, 3.63) is 36.1 Å². The first kappa shape index (κ1) is 11.7. The van der Waals surface area contributed by atoms with E-state index in [-0.39, 0.29) is 0 Å². The molecule has 1 aliphatic heterocycles. The van der Waals surface area contributed by atoms with E-state index < -0.39 is 5.60 Å². The summed E-state index contributed by atoms with van der Waals surface area (Å²) < 4.78 is 10.9. The Morgan fingerprint density at radius 1 is 1.33 bits per heavy atom. The molecule has 2 aromatic rings. The molecule has 18 heavy (non-hydrogen) atoms. The summed E-state index contributed by atoms with van der Waals surface area (Å²) in [5.41, 5.74) is 0.184. The van der Waals surface area contributed by atoms with E-state index in [4.69, 9.17) is 9.15 Å². The van der Waals surface area contributed by atoms with Crippen LogP contribution in [0.4, 0.5) is 0 Å². The SMILES string of the molecule is OC1(CNCc2cc3ccccc3o2)CCOC1. The lowest BCUT2D eigenvalue weighted by molar-refractivity contribution is 0.0266. The van der Waals surface area contributed by atoms with Crippen molar-refractivity contribution in [3.8, 4) is 0 Å². The molecule has 2 heterocycles. The van der Waals surface area contributed by atoms with Crippen LogP contribution in [0.2, 0.25) is 0 Å². The Balaban J connectivity index is 1.59. The van der Waals surface area contributed by atoms with Crippen molar-refractivity contribution in [1.29, 1.82) is 0 Å². The molecule has 2 N–H and O–H groups in total. The van der Waals surface area contributed by atoms with Gasteiger partial charge in [0.15, 0.2) is 0 Å². The average Bonchev–Trinajstić information content (AvgIpc) is 2.95. The van der Waals surface area contributed by atoms with Gasteiger partial charge >= 0.3 is 0 Å². The molecule has 0 amide bonds. The maximum atomic E-state index is 10.1. The quantitative estimate of drug-likeness (QED) is 0.863. The summed E-state index contributed by atoms with van der Waals surface area (Å²) in [7, 11) is 0. The van der Waals surface area contributed by atoms with Crippen LogP contribution in [0.15, 0.2) is 34.7 Å². The second-order valence-corrected chi connectivity index (χ2v) is 4.88. The van der Waals surface area contributed by atoms with E-state index >= 15 is 0 Å². The van der Waals surface area contributed by atoms with Gasteiger partial charge in [-0.25, -0.2) is 0 Å². The molecule has 0 spiro atoms. The highest BCUT2D eigenvalue weighted by Crippen LogP contribution is 2.20. The predicted molar refractivity (Wildman–Crippen MR) is 68.3 cm³/mol. The van der Waals surface area contributed by atoms with Gasteiger partial charge in [-0.3, -0.25) is 0 Å². The molecule has 4 nitrogen and oxygen atoms in total. The number of hydrogen-bond donors (Lipinski definition) is 2. The maximum absolute atomic E-state index is 10.1. The lowest BCUT2D eigenvalue weighted by Crippen LogP contribution is -2.40. The van der Waals surface area contributed by atoms with Crippen LogP contribution in [-0.2, 0) is 11.3 Å². The third-order valence-electron chi connectivity index (χ3n) is 3.31. The summed E-state index contributed by atoms with van der Waals surface area (Å²) in [5.74, 6) is 0.888. The molecular formula is C14H17NO3. The highest BCUT2D eigenvalue weighted by Gasteiger charge is 2.31. The van der Waals surface area contributed by atoms with Gasteiger partial charge in [0.25, 0.3) is 0 Å². The maximum Gasteiger partial charge on any atom is 0.134 e. The Kier molecular flexibility index (Phi) is 3.07. The summed E-state index contributed by atoms with van der Waals surface area (Å²) in [6.45, 7) is 2.21. The van der Waals surface area contributed by atoms with Gasteiger partial charge in [0.05, 0.1) is 13.2 Å². The van der Waals surface area contributed by atoms with Crippen LogP contribution in [0.25, 0.3) is 11.0 Å². The normalized spacial score (nSPS) is 23.8. The van der Waals surface area contributed by atoms with Crippen LogP contribution in [0.3, 0.4) is 0 Å². The Morgan fingerprint density at radius 3 is 3.00 bits per heavy atom. The molecule has 1 aliphatic rings. The van der Waals surface area contributed by atoms with Crippen molar-refractivity contribution in [2.75, 3.05) is 19.8 Å². The van der Waals surface area contributed by atoms with Crippen LogP contribution in [0.1, 0.15) is 12.2 Å². The van der Waals surface area contributed by atoms with Gasteiger partial charge in [-0.2, -0.15) is 0 Å². The first-order valence-corrected chi connectivity index (χ1v) is 6.24. The minimum Gasteiger partial charge on any atom is -0.460 e. The third kappa shape index (κ3) is 2.41. The van der Waals surface area contributed by atoms with Gasteiger partial charge in [0.1, 0.15) is 16.9 Å². The molecule has 1 atom stereocenters. The number of aliphatic hydroxyl groups is 1. The number of nitrogens with one attached hydrogen (secondary N) is 1. The zero-order valence-corrected chi connectivity index (χ0v) is 10.2. The van der Waals surface area contributed by atoms with Crippen molar-refractivity contribution in [2.24, 2.45) is 0 Å². The Labute approximate surface area is 106 Å². The average molecular weight is 247 g/mol. The first-order chi connectivity index (χ1) is 8.75. The lowest BCUT2D eigenvalue weighted by Gasteiger charge is -2.20. The van der Waals surface area contributed by atoms with E-state index in [1.54, 1.807) is 0 Å². The predicted octanol–water partition coefficient (Wildman–Crippen LogP) is 1.67. The number of furan rings is 1. The fraction of sp³-hybridized carbons (Fsp3) is 0.429. The van der Waals surface area contributed by atoms with E-state index in [0.29, 0.717) is 32.7 Å². The lowest BCUT2D eigenvalue weighted by atomic mass is 10.0. The molecule has 1 fully saturated rings. The van der Waals surface area contributed by atoms with Crippen LogP contribution < -0.4 is 5.32 Å². The van der Waals surface area contributed by atoms with E-state index in [2.05, 4.69) is 5.32 Å². The van der Waals surface area contributed by atoms with Gasteiger partial charge in [0, 0.05) is 25.0 Å². The van der Waals surface area contributed by atoms with E-state index in [9.17, 15) is 5.11 Å². The summed E-state index contributed by atoms with van der Waals surface area (Å²) in [6.07, 6.45) is 0.695. The topological polar surface area (TPSA) is 54.6 Å². The second-order valence-electron chi connectivity index (χ2n) is 4.88. The summed E-state index contributed by atoms with van der Waals surface area (Å²) in [6, 6.07) is 9.96. The summed E-state index contributed by atoms with van der Waals surface area (Å²) in [4.78, 5) is 0. The van der Waals surface area contributed by atoms with Gasteiger partial charge < -0.3 is 19.6 Å². The smallest absolute Gasteiger partial charge is 0.134 e. The van der Waals surface area contributed by atoms with Gasteiger partial charge in [-0.1, -0.05) is 18.2 Å². The summed E-state index contributed by atoms with van der Waals surface area (Å²) >= 11 is 0. The fourth-order valence-corrected chi connectivity index (χ4v) is 2.28. The highest BCUT2D eigenvalue weighted by atomic mass is 16.5. The molecule has 1 aromatic carbocycles. The second kappa shape index (κ2) is 4.72. The molecule has 0 radical (unpaired) electrons. The largest absolute Gasteiger partial charge is 0.460 e. The summed E-state index contributed by atoms with van der Waals surface area (Å²) in [5, 5.41) is 14.4. The van der Waals surface area contributed by atoms with Gasteiger partial charge in [0.2, 0.25) is 0 Å². The Hall–Kier alpha value is -1.36. The number of hydrogen-bond acceptors (Lipinski definition) is 4. The van der Waals surface area contributed by atoms with Crippen molar-refractivity contribution in [2.45, 2.75) is 18.6 Å². The molecule has 0 aliphatic carbocycles. The third-order valence-corrected chi connectivity index (χ3v) is 3.31. The molecule has 1 aromatic heterocycles. The zero-order valence-electron chi connectivity index (χ0n) is 10.2. The zero-order chi connectivity index (χ0) is 12.4. The van der Waals surface area contributed by atoms with Crippen LogP contribution in [-0.4, -0.2) is 30.5 Å². The molecule has 0 bridgehead atoms. The monoisotopic (exact) mass is 247 g/mol. The van der Waals surface area contributed by atoms with Gasteiger partial charge in [-0.05, 0) is 12.1 Å². The molecule has 0 saturated carbocycles. The molecule has 1 unspecified atom stereocenters. The minimum absolute atomic E-state index is 0.417.